The van der Waals surface area contributed by atoms with Gasteiger partial charge in [0.15, 0.2) is 0 Å². The standard InChI is InChI=1S/C18H32O2/c1-3-4-5-6-7-8-9-10-11-12-13-14-15-16-17-20-18(2)19/h3-5H,1,6-17H2,2H3. The second kappa shape index (κ2) is 16.0. The predicted molar refractivity (Wildman–Crippen MR) is 86.8 cm³/mol. The van der Waals surface area contributed by atoms with E-state index in [1.165, 1.54) is 71.1 Å². The van der Waals surface area contributed by atoms with Crippen molar-refractivity contribution in [3.8, 4) is 0 Å². The SMILES string of the molecule is C=CC=CCCCCCCCCCCCCOC(C)=O. The molecule has 0 N–H and O–H groups in total. The van der Waals surface area contributed by atoms with Gasteiger partial charge in [-0.2, -0.15) is 0 Å². The Morgan fingerprint density at radius 1 is 0.900 bits per heavy atom. The van der Waals surface area contributed by atoms with Gasteiger partial charge in [-0.05, 0) is 19.3 Å². The van der Waals surface area contributed by atoms with Crippen LogP contribution in [0.5, 0.6) is 0 Å². The van der Waals surface area contributed by atoms with E-state index in [0.717, 1.165) is 6.42 Å². The van der Waals surface area contributed by atoms with Gasteiger partial charge >= 0.3 is 5.97 Å². The highest BCUT2D eigenvalue weighted by Gasteiger charge is 1.94. The summed E-state index contributed by atoms with van der Waals surface area (Å²) in [7, 11) is 0. The molecule has 0 rings (SSSR count). The van der Waals surface area contributed by atoms with Gasteiger partial charge in [0.2, 0.25) is 0 Å². The van der Waals surface area contributed by atoms with E-state index in [1.807, 2.05) is 12.2 Å². The fraction of sp³-hybridized carbons (Fsp3) is 0.722. The minimum Gasteiger partial charge on any atom is -0.466 e. The van der Waals surface area contributed by atoms with Crippen molar-refractivity contribution in [2.75, 3.05) is 6.61 Å². The van der Waals surface area contributed by atoms with E-state index in [4.69, 9.17) is 4.74 Å². The first kappa shape index (κ1) is 18.9. The van der Waals surface area contributed by atoms with Crippen LogP contribution in [0.15, 0.2) is 24.8 Å². The third-order valence-electron chi connectivity index (χ3n) is 3.34. The highest BCUT2D eigenvalue weighted by molar-refractivity contribution is 5.65. The molecule has 0 bridgehead atoms. The molecular formula is C18H32O2. The average molecular weight is 280 g/mol. The molecule has 0 aliphatic heterocycles. The van der Waals surface area contributed by atoms with E-state index < -0.39 is 0 Å². The highest BCUT2D eigenvalue weighted by Crippen LogP contribution is 2.11. The highest BCUT2D eigenvalue weighted by atomic mass is 16.5. The Morgan fingerprint density at radius 3 is 1.90 bits per heavy atom. The number of unbranched alkanes of at least 4 members (excludes halogenated alkanes) is 10. The van der Waals surface area contributed by atoms with Gasteiger partial charge in [0.25, 0.3) is 0 Å². The van der Waals surface area contributed by atoms with Crippen LogP contribution in [-0.4, -0.2) is 12.6 Å². The van der Waals surface area contributed by atoms with Crippen LogP contribution in [0.25, 0.3) is 0 Å². The van der Waals surface area contributed by atoms with Crippen molar-refractivity contribution in [1.82, 2.24) is 0 Å². The molecular weight excluding hydrogens is 248 g/mol. The topological polar surface area (TPSA) is 26.3 Å². The quantitative estimate of drug-likeness (QED) is 0.236. The van der Waals surface area contributed by atoms with Gasteiger partial charge in [-0.15, -0.1) is 0 Å². The summed E-state index contributed by atoms with van der Waals surface area (Å²) in [5, 5.41) is 0. The first-order chi connectivity index (χ1) is 9.77. The molecule has 116 valence electrons. The molecule has 0 fully saturated rings. The molecule has 0 heterocycles. The fourth-order valence-electron chi connectivity index (χ4n) is 2.19. The maximum atomic E-state index is 10.5. The first-order valence-corrected chi connectivity index (χ1v) is 8.18. The molecule has 0 spiro atoms. The van der Waals surface area contributed by atoms with Gasteiger partial charge in [0.05, 0.1) is 6.61 Å². The maximum Gasteiger partial charge on any atom is 0.302 e. The molecule has 0 aromatic carbocycles. The number of carbonyl (C=O) groups excluding carboxylic acids is 1. The van der Waals surface area contributed by atoms with Crippen molar-refractivity contribution >= 4 is 5.97 Å². The predicted octanol–water partition coefficient (Wildman–Crippen LogP) is 5.58. The molecule has 0 amide bonds. The third kappa shape index (κ3) is 16.9. The Morgan fingerprint density at radius 2 is 1.40 bits per heavy atom. The lowest BCUT2D eigenvalue weighted by atomic mass is 10.1. The maximum absolute atomic E-state index is 10.5. The summed E-state index contributed by atoms with van der Waals surface area (Å²) < 4.78 is 4.90. The summed E-state index contributed by atoms with van der Waals surface area (Å²) in [4.78, 5) is 10.5. The van der Waals surface area contributed by atoms with Crippen LogP contribution < -0.4 is 0 Å². The van der Waals surface area contributed by atoms with Crippen molar-refractivity contribution in [3.05, 3.63) is 24.8 Å². The molecule has 0 aliphatic rings. The molecule has 2 nitrogen and oxygen atoms in total. The molecule has 20 heavy (non-hydrogen) atoms. The van der Waals surface area contributed by atoms with Gasteiger partial charge in [-0.25, -0.2) is 0 Å². The lowest BCUT2D eigenvalue weighted by Gasteiger charge is -2.03. The van der Waals surface area contributed by atoms with E-state index in [9.17, 15) is 4.79 Å². The van der Waals surface area contributed by atoms with E-state index in [2.05, 4.69) is 12.7 Å². The number of hydrogen-bond acceptors (Lipinski definition) is 2. The normalized spacial score (nSPS) is 10.8. The molecule has 0 aromatic rings. The summed E-state index contributed by atoms with van der Waals surface area (Å²) in [6, 6.07) is 0. The van der Waals surface area contributed by atoms with Gasteiger partial charge < -0.3 is 4.74 Å². The van der Waals surface area contributed by atoms with Crippen LogP contribution in [-0.2, 0) is 9.53 Å². The number of hydrogen-bond donors (Lipinski definition) is 0. The van der Waals surface area contributed by atoms with Crippen molar-refractivity contribution in [3.63, 3.8) is 0 Å². The largest absolute Gasteiger partial charge is 0.466 e. The molecule has 0 aromatic heterocycles. The van der Waals surface area contributed by atoms with Crippen LogP contribution in [0.1, 0.15) is 77.6 Å². The molecule has 0 radical (unpaired) electrons. The second-order valence-electron chi connectivity index (χ2n) is 5.33. The molecule has 0 aliphatic carbocycles. The fourth-order valence-corrected chi connectivity index (χ4v) is 2.19. The molecule has 0 saturated carbocycles. The van der Waals surface area contributed by atoms with Gasteiger partial charge in [0, 0.05) is 6.92 Å². The molecule has 0 unspecified atom stereocenters. The van der Waals surface area contributed by atoms with E-state index >= 15 is 0 Å². The minimum atomic E-state index is -0.162. The molecule has 0 atom stereocenters. The molecule has 2 heteroatoms. The summed E-state index contributed by atoms with van der Waals surface area (Å²) in [6.07, 6.45) is 20.2. The first-order valence-electron chi connectivity index (χ1n) is 8.18. The zero-order valence-corrected chi connectivity index (χ0v) is 13.2. The number of rotatable bonds is 14. The lowest BCUT2D eigenvalue weighted by Crippen LogP contribution is -2.00. The Balaban J connectivity index is 3.01. The Hall–Kier alpha value is -1.05. The smallest absolute Gasteiger partial charge is 0.302 e. The van der Waals surface area contributed by atoms with Gasteiger partial charge in [-0.1, -0.05) is 76.2 Å². The second-order valence-corrected chi connectivity index (χ2v) is 5.33. The van der Waals surface area contributed by atoms with Crippen molar-refractivity contribution in [1.29, 1.82) is 0 Å². The van der Waals surface area contributed by atoms with E-state index in [1.54, 1.807) is 0 Å². The summed E-state index contributed by atoms with van der Waals surface area (Å²) in [5.41, 5.74) is 0. The Labute approximate surface area is 125 Å². The molecule has 0 saturated heterocycles. The van der Waals surface area contributed by atoms with Crippen LogP contribution in [0.4, 0.5) is 0 Å². The summed E-state index contributed by atoms with van der Waals surface area (Å²) in [6.45, 7) is 5.72. The third-order valence-corrected chi connectivity index (χ3v) is 3.34. The lowest BCUT2D eigenvalue weighted by molar-refractivity contribution is -0.141. The van der Waals surface area contributed by atoms with Crippen LogP contribution in [0.2, 0.25) is 0 Å². The Kier molecular flexibility index (Phi) is 15.2. The Bertz CT molecular complexity index is 256. The number of esters is 1. The zero-order valence-electron chi connectivity index (χ0n) is 13.2. The van der Waals surface area contributed by atoms with Crippen molar-refractivity contribution in [2.24, 2.45) is 0 Å². The van der Waals surface area contributed by atoms with Gasteiger partial charge in [0.1, 0.15) is 0 Å². The van der Waals surface area contributed by atoms with Gasteiger partial charge in [-0.3, -0.25) is 4.79 Å². The van der Waals surface area contributed by atoms with Crippen molar-refractivity contribution < 1.29 is 9.53 Å². The van der Waals surface area contributed by atoms with Crippen LogP contribution in [0.3, 0.4) is 0 Å². The van der Waals surface area contributed by atoms with Crippen LogP contribution >= 0.6 is 0 Å². The average Bonchev–Trinajstić information content (AvgIpc) is 2.43. The number of allylic oxidation sites excluding steroid dienone is 3. The van der Waals surface area contributed by atoms with Crippen molar-refractivity contribution in [2.45, 2.75) is 77.6 Å². The van der Waals surface area contributed by atoms with Crippen LogP contribution in [0, 0.1) is 0 Å². The number of carbonyl (C=O) groups is 1. The van der Waals surface area contributed by atoms with E-state index in [0.29, 0.717) is 6.61 Å². The number of ether oxygens (including phenoxy) is 1. The summed E-state index contributed by atoms with van der Waals surface area (Å²) in [5.74, 6) is -0.162. The van der Waals surface area contributed by atoms with E-state index in [-0.39, 0.29) is 5.97 Å². The minimum absolute atomic E-state index is 0.162. The zero-order chi connectivity index (χ0) is 14.9. The summed E-state index contributed by atoms with van der Waals surface area (Å²) >= 11 is 0. The monoisotopic (exact) mass is 280 g/mol.